The van der Waals surface area contributed by atoms with Crippen molar-refractivity contribution in [1.82, 2.24) is 10.2 Å². The fourth-order valence-corrected chi connectivity index (χ4v) is 9.80. The van der Waals surface area contributed by atoms with Crippen LogP contribution < -0.4 is 15.5 Å². The number of anilines is 2. The van der Waals surface area contributed by atoms with Gasteiger partial charge in [-0.05, 0) is 51.0 Å². The molecule has 3 aliphatic heterocycles. The number of rotatable bonds is 9. The molecule has 3 heterocycles. The minimum absolute atomic E-state index is 0.0247. The summed E-state index contributed by atoms with van der Waals surface area (Å²) in [6.07, 6.45) is 1.13. The zero-order chi connectivity index (χ0) is 25.5. The van der Waals surface area contributed by atoms with E-state index in [2.05, 4.69) is 45.3 Å². The van der Waals surface area contributed by atoms with Crippen LogP contribution in [-0.4, -0.2) is 81.4 Å². The average molecular weight is 568 g/mol. The van der Waals surface area contributed by atoms with E-state index in [1.54, 1.807) is 23.7 Å². The first-order valence-electron chi connectivity index (χ1n) is 12.4. The zero-order valence-corrected chi connectivity index (χ0v) is 23.1. The molecule has 3 aliphatic rings. The SMILES string of the molecule is CC[C@@H](CO)N1C(=O)[C@@H]2[C@H](C(=O)NC)[C@H]3SC2(CC3Br)C1C(=O)Nc1ccc(N(CC)CC)cc1. The van der Waals surface area contributed by atoms with Crippen LogP contribution in [0.4, 0.5) is 11.4 Å². The van der Waals surface area contributed by atoms with Crippen molar-refractivity contribution in [2.75, 3.05) is 37.0 Å². The number of aliphatic hydroxyl groups excluding tert-OH is 1. The van der Waals surface area contributed by atoms with Gasteiger partial charge in [-0.1, -0.05) is 22.9 Å². The van der Waals surface area contributed by atoms with Gasteiger partial charge in [0.05, 0.1) is 29.2 Å². The summed E-state index contributed by atoms with van der Waals surface area (Å²) in [6, 6.07) is 6.47. The summed E-state index contributed by atoms with van der Waals surface area (Å²) in [5, 5.41) is 15.8. The van der Waals surface area contributed by atoms with Crippen LogP contribution in [0.25, 0.3) is 0 Å². The van der Waals surface area contributed by atoms with Gasteiger partial charge in [0.25, 0.3) is 0 Å². The molecule has 7 atom stereocenters. The molecular weight excluding hydrogens is 532 g/mol. The first-order chi connectivity index (χ1) is 16.8. The molecule has 3 fully saturated rings. The number of hydrogen-bond acceptors (Lipinski definition) is 6. The third-order valence-corrected chi connectivity index (χ3v) is 11.1. The van der Waals surface area contributed by atoms with Crippen LogP contribution in [-0.2, 0) is 14.4 Å². The van der Waals surface area contributed by atoms with Crippen LogP contribution >= 0.6 is 27.7 Å². The van der Waals surface area contributed by atoms with Gasteiger partial charge in [-0.2, -0.15) is 0 Å². The molecule has 1 spiro atoms. The van der Waals surface area contributed by atoms with Crippen molar-refractivity contribution in [3.8, 4) is 0 Å². The van der Waals surface area contributed by atoms with E-state index in [4.69, 9.17) is 0 Å². The number of hydrogen-bond donors (Lipinski definition) is 3. The van der Waals surface area contributed by atoms with Gasteiger partial charge < -0.3 is 25.5 Å². The molecule has 3 amide bonds. The summed E-state index contributed by atoms with van der Waals surface area (Å²) in [4.78, 5) is 44.4. The smallest absolute Gasteiger partial charge is 0.248 e. The zero-order valence-electron chi connectivity index (χ0n) is 20.7. The molecule has 0 aromatic heterocycles. The highest BCUT2D eigenvalue weighted by atomic mass is 79.9. The average Bonchev–Trinajstić information content (AvgIpc) is 3.45. The second-order valence-corrected chi connectivity index (χ2v) is 12.2. The number of likely N-dealkylation sites (tertiary alicyclic amines) is 1. The van der Waals surface area contributed by atoms with Crippen molar-refractivity contribution >= 4 is 56.8 Å². The van der Waals surface area contributed by atoms with Crippen molar-refractivity contribution in [2.45, 2.75) is 60.5 Å². The molecule has 8 nitrogen and oxygen atoms in total. The molecule has 1 aromatic carbocycles. The predicted molar refractivity (Wildman–Crippen MR) is 143 cm³/mol. The van der Waals surface area contributed by atoms with Crippen LogP contribution in [0.2, 0.25) is 0 Å². The third-order valence-electron chi connectivity index (χ3n) is 7.86. The molecule has 0 radical (unpaired) electrons. The molecule has 35 heavy (non-hydrogen) atoms. The summed E-state index contributed by atoms with van der Waals surface area (Å²) >= 11 is 5.33. The lowest BCUT2D eigenvalue weighted by Gasteiger charge is -2.37. The molecule has 2 bridgehead atoms. The number of fused-ring (bicyclic) bond motifs is 1. The van der Waals surface area contributed by atoms with Crippen molar-refractivity contribution in [3.05, 3.63) is 24.3 Å². The predicted octanol–water partition coefficient (Wildman–Crippen LogP) is 2.45. The Morgan fingerprint density at radius 3 is 2.43 bits per heavy atom. The number of carbonyl (C=O) groups excluding carboxylic acids is 3. The lowest BCUT2D eigenvalue weighted by Crippen LogP contribution is -2.55. The maximum Gasteiger partial charge on any atom is 0.248 e. The highest BCUT2D eigenvalue weighted by Gasteiger charge is 2.76. The number of alkyl halides is 1. The van der Waals surface area contributed by atoms with Crippen molar-refractivity contribution in [1.29, 1.82) is 0 Å². The molecule has 0 saturated carbocycles. The van der Waals surface area contributed by atoms with Gasteiger partial charge in [0.15, 0.2) is 0 Å². The number of aliphatic hydroxyl groups is 1. The van der Waals surface area contributed by atoms with Gasteiger partial charge in [0.2, 0.25) is 17.7 Å². The minimum atomic E-state index is -0.774. The summed E-state index contributed by atoms with van der Waals surface area (Å²) in [5.41, 5.74) is 1.74. The van der Waals surface area contributed by atoms with E-state index in [1.807, 2.05) is 31.2 Å². The molecule has 192 valence electrons. The topological polar surface area (TPSA) is 102 Å². The Morgan fingerprint density at radius 2 is 1.89 bits per heavy atom. The lowest BCUT2D eigenvalue weighted by molar-refractivity contribution is -0.142. The van der Waals surface area contributed by atoms with E-state index in [1.165, 1.54) is 0 Å². The quantitative estimate of drug-likeness (QED) is 0.397. The minimum Gasteiger partial charge on any atom is -0.394 e. The van der Waals surface area contributed by atoms with Gasteiger partial charge in [0, 0.05) is 41.6 Å². The number of nitrogens with one attached hydrogen (secondary N) is 2. The summed E-state index contributed by atoms with van der Waals surface area (Å²) in [6.45, 7) is 7.65. The van der Waals surface area contributed by atoms with Crippen LogP contribution in [0, 0.1) is 11.8 Å². The monoisotopic (exact) mass is 566 g/mol. The fraction of sp³-hybridized carbons (Fsp3) is 0.640. The summed E-state index contributed by atoms with van der Waals surface area (Å²) in [5.74, 6) is -1.75. The molecule has 4 rings (SSSR count). The van der Waals surface area contributed by atoms with E-state index in [0.717, 1.165) is 18.8 Å². The first kappa shape index (κ1) is 26.3. The Hall–Kier alpha value is -1.78. The molecule has 3 N–H and O–H groups in total. The van der Waals surface area contributed by atoms with Gasteiger partial charge in [0.1, 0.15) is 6.04 Å². The first-order valence-corrected chi connectivity index (χ1v) is 14.2. The van der Waals surface area contributed by atoms with Crippen molar-refractivity contribution in [3.63, 3.8) is 0 Å². The second-order valence-electron chi connectivity index (χ2n) is 9.48. The van der Waals surface area contributed by atoms with E-state index in [-0.39, 0.29) is 34.4 Å². The number of thioether (sulfide) groups is 1. The Bertz CT molecular complexity index is 971. The van der Waals surface area contributed by atoms with Crippen molar-refractivity contribution < 1.29 is 19.5 Å². The largest absolute Gasteiger partial charge is 0.394 e. The number of carbonyl (C=O) groups is 3. The number of benzene rings is 1. The molecule has 1 aromatic rings. The number of halogens is 1. The maximum atomic E-state index is 13.9. The van der Waals surface area contributed by atoms with Gasteiger partial charge in [-0.25, -0.2) is 0 Å². The second kappa shape index (κ2) is 10.3. The van der Waals surface area contributed by atoms with E-state index < -0.39 is 28.7 Å². The third kappa shape index (κ3) is 4.15. The van der Waals surface area contributed by atoms with Crippen LogP contribution in [0.5, 0.6) is 0 Å². The van der Waals surface area contributed by atoms with Gasteiger partial charge >= 0.3 is 0 Å². The maximum absolute atomic E-state index is 13.9. The Morgan fingerprint density at radius 1 is 1.23 bits per heavy atom. The van der Waals surface area contributed by atoms with E-state index >= 15 is 0 Å². The number of nitrogens with zero attached hydrogens (tertiary/aromatic N) is 2. The van der Waals surface area contributed by atoms with E-state index in [9.17, 15) is 19.5 Å². The van der Waals surface area contributed by atoms with Gasteiger partial charge in [-0.15, -0.1) is 11.8 Å². The Balaban J connectivity index is 1.69. The summed E-state index contributed by atoms with van der Waals surface area (Å²) < 4.78 is -0.721. The highest BCUT2D eigenvalue weighted by Crippen LogP contribution is 2.68. The standard InChI is InChI=1S/C25H35BrN4O4S/c1-5-15(13-31)30-21(23(33)28-14-8-10-16(11-9-14)29(6-2)7-3)25-12-17(26)20(35-25)18(22(32)27-4)19(25)24(30)34/h8-11,15,17-21,31H,5-7,12-13H2,1-4H3,(H,27,32)(H,28,33)/t15-,17?,18-,19-,20-,21?,25?/m0/s1. The molecule has 0 aliphatic carbocycles. The Labute approximate surface area is 219 Å². The van der Waals surface area contributed by atoms with Crippen molar-refractivity contribution in [2.24, 2.45) is 11.8 Å². The normalized spacial score (nSPS) is 31.9. The van der Waals surface area contributed by atoms with Crippen LogP contribution in [0.15, 0.2) is 24.3 Å². The molecule has 10 heteroatoms. The van der Waals surface area contributed by atoms with E-state index in [0.29, 0.717) is 18.5 Å². The Kier molecular flexibility index (Phi) is 7.74. The molecular formula is C25H35BrN4O4S. The highest BCUT2D eigenvalue weighted by molar-refractivity contribution is 9.09. The lowest BCUT2D eigenvalue weighted by atomic mass is 9.70. The van der Waals surface area contributed by atoms with Gasteiger partial charge in [-0.3, -0.25) is 14.4 Å². The fourth-order valence-electron chi connectivity index (χ4n) is 6.20. The van der Waals surface area contributed by atoms with Crippen LogP contribution in [0.3, 0.4) is 0 Å². The molecule has 3 unspecified atom stereocenters. The van der Waals surface area contributed by atoms with Crippen LogP contribution in [0.1, 0.15) is 33.6 Å². The molecule has 3 saturated heterocycles. The number of amides is 3. The summed E-state index contributed by atoms with van der Waals surface area (Å²) in [7, 11) is 1.58.